The van der Waals surface area contributed by atoms with Gasteiger partial charge < -0.3 is 14.7 Å². The van der Waals surface area contributed by atoms with Crippen LogP contribution >= 0.6 is 0 Å². The highest BCUT2D eigenvalue weighted by Crippen LogP contribution is 2.38. The van der Waals surface area contributed by atoms with E-state index in [2.05, 4.69) is 4.98 Å². The summed E-state index contributed by atoms with van der Waals surface area (Å²) >= 11 is 0. The second-order valence-corrected chi connectivity index (χ2v) is 6.59. The fraction of sp³-hybridized carbons (Fsp3) is 0.250. The summed E-state index contributed by atoms with van der Waals surface area (Å²) < 4.78 is 7.21. The van der Waals surface area contributed by atoms with E-state index in [1.54, 1.807) is 19.5 Å². The predicted octanol–water partition coefficient (Wildman–Crippen LogP) is 3.68. The molecule has 7 nitrogen and oxygen atoms in total. The third kappa shape index (κ3) is 3.01. The molecule has 1 aromatic carbocycles. The van der Waals surface area contributed by atoms with Crippen LogP contribution in [-0.4, -0.2) is 44.5 Å². The zero-order chi connectivity index (χ0) is 19.0. The number of methoxy groups -OCH3 is 1. The maximum atomic E-state index is 11.6. The molecule has 1 N–H and O–H groups in total. The highest BCUT2D eigenvalue weighted by Gasteiger charge is 2.31. The van der Waals surface area contributed by atoms with E-state index in [1.807, 2.05) is 48.0 Å². The first-order valence-electron chi connectivity index (χ1n) is 8.72. The first kappa shape index (κ1) is 17.1. The Kier molecular flexibility index (Phi) is 4.27. The summed E-state index contributed by atoms with van der Waals surface area (Å²) in [6, 6.07) is 11.5. The van der Waals surface area contributed by atoms with Gasteiger partial charge in [-0.3, -0.25) is 9.67 Å². The lowest BCUT2D eigenvalue weighted by molar-refractivity contribution is 0.122. The monoisotopic (exact) mass is 364 g/mol. The van der Waals surface area contributed by atoms with E-state index in [9.17, 15) is 9.90 Å². The van der Waals surface area contributed by atoms with Gasteiger partial charge in [0.25, 0.3) is 0 Å². The number of fused-ring (bicyclic) bond motifs is 1. The Bertz CT molecular complexity index is 967. The predicted molar refractivity (Wildman–Crippen MR) is 101 cm³/mol. The maximum absolute atomic E-state index is 11.6. The minimum absolute atomic E-state index is 0.0440. The van der Waals surface area contributed by atoms with E-state index in [4.69, 9.17) is 9.84 Å². The van der Waals surface area contributed by atoms with E-state index in [0.29, 0.717) is 13.1 Å². The minimum atomic E-state index is -0.916. The number of pyridine rings is 1. The van der Waals surface area contributed by atoms with Crippen molar-refractivity contribution in [2.45, 2.75) is 19.5 Å². The summed E-state index contributed by atoms with van der Waals surface area (Å²) in [5.41, 5.74) is 4.60. The summed E-state index contributed by atoms with van der Waals surface area (Å²) in [5.74, 6) is 0.776. The topological polar surface area (TPSA) is 80.5 Å². The van der Waals surface area contributed by atoms with Crippen molar-refractivity contribution in [3.63, 3.8) is 0 Å². The van der Waals surface area contributed by atoms with Crippen molar-refractivity contribution in [2.24, 2.45) is 0 Å². The molecular formula is C20H20N4O3. The lowest BCUT2D eigenvalue weighted by Gasteiger charge is -2.30. The number of hydrogen-bond acceptors (Lipinski definition) is 4. The van der Waals surface area contributed by atoms with Crippen LogP contribution < -0.4 is 4.74 Å². The fourth-order valence-electron chi connectivity index (χ4n) is 3.55. The Morgan fingerprint density at radius 1 is 1.15 bits per heavy atom. The molecule has 0 saturated carbocycles. The zero-order valence-corrected chi connectivity index (χ0v) is 15.2. The first-order chi connectivity index (χ1) is 13.1. The third-order valence-corrected chi connectivity index (χ3v) is 4.86. The van der Waals surface area contributed by atoms with E-state index >= 15 is 0 Å². The van der Waals surface area contributed by atoms with Crippen LogP contribution in [0.2, 0.25) is 0 Å². The molecule has 7 heteroatoms. The lowest BCUT2D eigenvalue weighted by atomic mass is 9.98. The molecule has 1 amide bonds. The van der Waals surface area contributed by atoms with Crippen LogP contribution in [0.1, 0.15) is 18.7 Å². The molecule has 0 saturated heterocycles. The van der Waals surface area contributed by atoms with Gasteiger partial charge in [0.1, 0.15) is 11.4 Å². The van der Waals surface area contributed by atoms with Gasteiger partial charge in [0.05, 0.1) is 25.4 Å². The Labute approximate surface area is 156 Å². The largest absolute Gasteiger partial charge is 0.497 e. The van der Waals surface area contributed by atoms with Gasteiger partial charge in [0, 0.05) is 30.1 Å². The molecule has 0 radical (unpaired) electrons. The molecule has 3 heterocycles. The Morgan fingerprint density at radius 2 is 1.85 bits per heavy atom. The van der Waals surface area contributed by atoms with Gasteiger partial charge in [-0.25, -0.2) is 4.79 Å². The van der Waals surface area contributed by atoms with E-state index < -0.39 is 6.09 Å². The lowest BCUT2D eigenvalue weighted by Crippen LogP contribution is -2.39. The van der Waals surface area contributed by atoms with Crippen molar-refractivity contribution in [1.82, 2.24) is 19.7 Å². The zero-order valence-electron chi connectivity index (χ0n) is 15.2. The third-order valence-electron chi connectivity index (χ3n) is 4.86. The molecule has 1 aliphatic heterocycles. The van der Waals surface area contributed by atoms with Gasteiger partial charge in [0.15, 0.2) is 0 Å². The quantitative estimate of drug-likeness (QED) is 0.767. The van der Waals surface area contributed by atoms with Gasteiger partial charge in [0.2, 0.25) is 0 Å². The average molecular weight is 364 g/mol. The van der Waals surface area contributed by atoms with Gasteiger partial charge in [-0.1, -0.05) is 0 Å². The summed E-state index contributed by atoms with van der Waals surface area (Å²) in [7, 11) is 1.63. The van der Waals surface area contributed by atoms with E-state index in [1.165, 1.54) is 4.90 Å². The minimum Gasteiger partial charge on any atom is -0.497 e. The smallest absolute Gasteiger partial charge is 0.407 e. The molecule has 0 bridgehead atoms. The number of carbonyl (C=O) groups is 1. The highest BCUT2D eigenvalue weighted by atomic mass is 16.5. The van der Waals surface area contributed by atoms with Crippen molar-refractivity contribution >= 4 is 6.09 Å². The van der Waals surface area contributed by atoms with Crippen molar-refractivity contribution < 1.29 is 14.6 Å². The molecule has 0 aliphatic carbocycles. The van der Waals surface area contributed by atoms with Crippen LogP contribution in [0.25, 0.3) is 22.4 Å². The number of carboxylic acid groups (broad SMARTS) is 1. The number of amides is 1. The van der Waals surface area contributed by atoms with Gasteiger partial charge in [-0.05, 0) is 48.9 Å². The number of nitrogens with zero attached hydrogens (tertiary/aromatic N) is 4. The van der Waals surface area contributed by atoms with Crippen LogP contribution in [0.4, 0.5) is 4.79 Å². The van der Waals surface area contributed by atoms with Crippen LogP contribution in [-0.2, 0) is 6.54 Å². The summed E-state index contributed by atoms with van der Waals surface area (Å²) in [5, 5.41) is 14.4. The normalized spacial score (nSPS) is 16.1. The standard InChI is InChI=1S/C20H20N4O3/c1-13-11-23(20(25)26)12-17-18(14-7-9-21-10-8-14)19(22-24(13)17)15-3-5-16(27-2)6-4-15/h3-10,13H,11-12H2,1-2H3,(H,25,26). The number of rotatable bonds is 3. The molecule has 0 fully saturated rings. The average Bonchev–Trinajstić information content (AvgIpc) is 3.08. The highest BCUT2D eigenvalue weighted by molar-refractivity contribution is 5.83. The number of ether oxygens (including phenoxy) is 1. The van der Waals surface area contributed by atoms with Gasteiger partial charge in [-0.2, -0.15) is 5.10 Å². The van der Waals surface area contributed by atoms with Crippen molar-refractivity contribution in [3.05, 3.63) is 54.5 Å². The molecule has 138 valence electrons. The second kappa shape index (κ2) is 6.75. The molecular weight excluding hydrogens is 344 g/mol. The van der Waals surface area contributed by atoms with Crippen LogP contribution in [0, 0.1) is 0 Å². The van der Waals surface area contributed by atoms with Crippen LogP contribution in [0.3, 0.4) is 0 Å². The van der Waals surface area contributed by atoms with E-state index in [0.717, 1.165) is 33.8 Å². The Morgan fingerprint density at radius 3 is 2.48 bits per heavy atom. The van der Waals surface area contributed by atoms with Crippen molar-refractivity contribution in [1.29, 1.82) is 0 Å². The van der Waals surface area contributed by atoms with Crippen LogP contribution in [0.5, 0.6) is 5.75 Å². The fourth-order valence-corrected chi connectivity index (χ4v) is 3.55. The van der Waals surface area contributed by atoms with Gasteiger partial charge >= 0.3 is 6.09 Å². The summed E-state index contributed by atoms with van der Waals surface area (Å²) in [6.07, 6.45) is 2.55. The molecule has 2 aromatic heterocycles. The Hall–Kier alpha value is -3.35. The molecule has 1 unspecified atom stereocenters. The van der Waals surface area contributed by atoms with Crippen molar-refractivity contribution in [2.75, 3.05) is 13.7 Å². The van der Waals surface area contributed by atoms with Crippen molar-refractivity contribution in [3.8, 4) is 28.1 Å². The number of aromatic nitrogens is 3. The molecule has 1 atom stereocenters. The second-order valence-electron chi connectivity index (χ2n) is 6.59. The summed E-state index contributed by atoms with van der Waals surface area (Å²) in [6.45, 7) is 2.71. The van der Waals surface area contributed by atoms with E-state index in [-0.39, 0.29) is 6.04 Å². The summed E-state index contributed by atoms with van der Waals surface area (Å²) in [4.78, 5) is 17.1. The Balaban J connectivity index is 1.91. The number of hydrogen-bond donors (Lipinski definition) is 1. The molecule has 4 rings (SSSR count). The van der Waals surface area contributed by atoms with Crippen LogP contribution in [0.15, 0.2) is 48.8 Å². The molecule has 0 spiro atoms. The first-order valence-corrected chi connectivity index (χ1v) is 8.72. The maximum Gasteiger partial charge on any atom is 0.407 e. The van der Waals surface area contributed by atoms with Gasteiger partial charge in [-0.15, -0.1) is 0 Å². The number of benzene rings is 1. The molecule has 3 aromatic rings. The molecule has 1 aliphatic rings. The molecule has 27 heavy (non-hydrogen) atoms. The SMILES string of the molecule is COc1ccc(-c2nn3c(c2-c2ccncc2)CN(C(=O)O)CC3C)cc1.